The van der Waals surface area contributed by atoms with Gasteiger partial charge in [-0.3, -0.25) is 0 Å². The Morgan fingerprint density at radius 3 is 1.94 bits per heavy atom. The van der Waals surface area contributed by atoms with Crippen LogP contribution in [0.15, 0.2) is 0 Å². The van der Waals surface area contributed by atoms with Crippen molar-refractivity contribution in [1.29, 1.82) is 0 Å². The lowest BCUT2D eigenvalue weighted by molar-refractivity contribution is -0.181. The fraction of sp³-hybridized carbons (Fsp3) is 1.00. The van der Waals surface area contributed by atoms with E-state index in [9.17, 15) is 0 Å². The van der Waals surface area contributed by atoms with Crippen LogP contribution < -0.4 is 5.32 Å². The molecule has 2 unspecified atom stereocenters. The van der Waals surface area contributed by atoms with Gasteiger partial charge in [0.15, 0.2) is 0 Å². The summed E-state index contributed by atoms with van der Waals surface area (Å²) in [6.07, 6.45) is 4.00. The molecule has 2 atom stereocenters. The monoisotopic (exact) mass is 239 g/mol. The Kier molecular flexibility index (Phi) is 3.11. The molecule has 0 radical (unpaired) electrons. The first-order valence-electron chi connectivity index (χ1n) is 7.04. The van der Waals surface area contributed by atoms with E-state index in [0.29, 0.717) is 23.0 Å². The number of hydrogen-bond donors (Lipinski definition) is 1. The van der Waals surface area contributed by atoms with Crippen molar-refractivity contribution in [3.8, 4) is 0 Å². The van der Waals surface area contributed by atoms with Crippen LogP contribution in [0.4, 0.5) is 0 Å². The minimum Gasteiger partial charge on any atom is -0.369 e. The Hall–Kier alpha value is -0.0800. The fourth-order valence-corrected chi connectivity index (χ4v) is 4.49. The van der Waals surface area contributed by atoms with E-state index in [1.165, 1.54) is 19.3 Å². The highest BCUT2D eigenvalue weighted by Crippen LogP contribution is 2.52. The first kappa shape index (κ1) is 13.4. The van der Waals surface area contributed by atoms with Gasteiger partial charge in [0.1, 0.15) is 0 Å². The van der Waals surface area contributed by atoms with Crippen molar-refractivity contribution in [3.05, 3.63) is 0 Å². The summed E-state index contributed by atoms with van der Waals surface area (Å²) in [4.78, 5) is 0. The molecule has 0 amide bonds. The van der Waals surface area contributed by atoms with E-state index < -0.39 is 0 Å². The Labute approximate surface area is 107 Å². The Bertz CT molecular complexity index is 279. The van der Waals surface area contributed by atoms with Crippen LogP contribution in [0.25, 0.3) is 0 Å². The molecule has 100 valence electrons. The lowest BCUT2D eigenvalue weighted by atomic mass is 9.59. The zero-order chi connectivity index (χ0) is 12.9. The van der Waals surface area contributed by atoms with E-state index in [0.717, 1.165) is 6.54 Å². The van der Waals surface area contributed by atoms with Crippen molar-refractivity contribution < 1.29 is 4.74 Å². The molecule has 0 aromatic carbocycles. The molecule has 17 heavy (non-hydrogen) atoms. The van der Waals surface area contributed by atoms with Crippen LogP contribution in [0.1, 0.15) is 60.8 Å². The lowest BCUT2D eigenvalue weighted by Gasteiger charge is -2.55. The maximum Gasteiger partial charge on any atom is 0.0820 e. The van der Waals surface area contributed by atoms with Gasteiger partial charge in [0.25, 0.3) is 0 Å². The first-order valence-corrected chi connectivity index (χ1v) is 7.04. The summed E-state index contributed by atoms with van der Waals surface area (Å²) in [7, 11) is 0. The van der Waals surface area contributed by atoms with Gasteiger partial charge in [0.2, 0.25) is 0 Å². The van der Waals surface area contributed by atoms with Gasteiger partial charge in [-0.1, -0.05) is 27.7 Å². The lowest BCUT2D eigenvalue weighted by Crippen LogP contribution is -2.61. The van der Waals surface area contributed by atoms with Crippen molar-refractivity contribution >= 4 is 0 Å². The van der Waals surface area contributed by atoms with Gasteiger partial charge >= 0.3 is 0 Å². The highest BCUT2D eigenvalue weighted by atomic mass is 16.5. The molecule has 0 bridgehead atoms. The fourth-order valence-electron chi connectivity index (χ4n) is 4.49. The van der Waals surface area contributed by atoms with Gasteiger partial charge in [-0.15, -0.1) is 0 Å². The highest BCUT2D eigenvalue weighted by Gasteiger charge is 2.50. The molecule has 2 nitrogen and oxygen atoms in total. The van der Waals surface area contributed by atoms with E-state index in [1.54, 1.807) is 0 Å². The van der Waals surface area contributed by atoms with Crippen LogP contribution >= 0.6 is 0 Å². The van der Waals surface area contributed by atoms with Gasteiger partial charge < -0.3 is 10.1 Å². The molecule has 0 aromatic rings. The second kappa shape index (κ2) is 3.96. The van der Waals surface area contributed by atoms with Gasteiger partial charge in [0, 0.05) is 12.6 Å². The number of hydrogen-bond acceptors (Lipinski definition) is 2. The molecule has 1 heterocycles. The van der Waals surface area contributed by atoms with Crippen LogP contribution in [0.3, 0.4) is 0 Å². The van der Waals surface area contributed by atoms with Gasteiger partial charge in [-0.25, -0.2) is 0 Å². The summed E-state index contributed by atoms with van der Waals surface area (Å²) < 4.78 is 6.44. The normalized spacial score (nSPS) is 39.2. The van der Waals surface area contributed by atoms with Crippen LogP contribution in [-0.2, 0) is 4.74 Å². The SMILES string of the molecule is CC1NCC2(CC(C)(C)CC(C)(C)C2)OC1C. The van der Waals surface area contributed by atoms with E-state index in [1.807, 2.05) is 0 Å². The Balaban J connectivity index is 2.19. The number of morpholine rings is 1. The summed E-state index contributed by atoms with van der Waals surface area (Å²) >= 11 is 0. The van der Waals surface area contributed by atoms with Crippen LogP contribution in [0, 0.1) is 10.8 Å². The molecule has 1 aliphatic carbocycles. The van der Waals surface area contributed by atoms with Gasteiger partial charge in [-0.05, 0) is 43.9 Å². The number of rotatable bonds is 0. The third-order valence-electron chi connectivity index (χ3n) is 4.44. The maximum absolute atomic E-state index is 6.44. The molecule has 1 spiro atoms. The smallest absolute Gasteiger partial charge is 0.0820 e. The third-order valence-corrected chi connectivity index (χ3v) is 4.44. The average molecular weight is 239 g/mol. The van der Waals surface area contributed by atoms with Crippen LogP contribution in [0.5, 0.6) is 0 Å². The Morgan fingerprint density at radius 1 is 0.941 bits per heavy atom. The predicted molar refractivity (Wildman–Crippen MR) is 72.2 cm³/mol. The number of nitrogens with one attached hydrogen (secondary N) is 1. The minimum absolute atomic E-state index is 0.0666. The second-order valence-electron chi connectivity index (χ2n) is 8.03. The molecule has 2 aliphatic rings. The first-order chi connectivity index (χ1) is 7.63. The standard InChI is InChI=1S/C15H29NO/c1-11-12(2)17-15(10-16-11)8-13(3,4)7-14(5,6)9-15/h11-12,16H,7-10H2,1-6H3. The molecule has 2 rings (SSSR count). The highest BCUT2D eigenvalue weighted by molar-refractivity contribution is 5.03. The maximum atomic E-state index is 6.44. The van der Waals surface area contributed by atoms with Crippen molar-refractivity contribution in [2.24, 2.45) is 10.8 Å². The molecule has 1 aliphatic heterocycles. The van der Waals surface area contributed by atoms with Crippen molar-refractivity contribution in [1.82, 2.24) is 5.32 Å². The van der Waals surface area contributed by atoms with E-state index in [2.05, 4.69) is 46.9 Å². The summed E-state index contributed by atoms with van der Waals surface area (Å²) in [6.45, 7) is 15.0. The molecule has 2 fully saturated rings. The predicted octanol–water partition coefficient (Wildman–Crippen LogP) is 3.36. The zero-order valence-corrected chi connectivity index (χ0v) is 12.4. The van der Waals surface area contributed by atoms with Crippen LogP contribution in [0.2, 0.25) is 0 Å². The van der Waals surface area contributed by atoms with Crippen molar-refractivity contribution in [3.63, 3.8) is 0 Å². The molecule has 0 aromatic heterocycles. The number of ether oxygens (including phenoxy) is 1. The Morgan fingerprint density at radius 2 is 1.47 bits per heavy atom. The largest absolute Gasteiger partial charge is 0.369 e. The molecule has 2 heteroatoms. The zero-order valence-electron chi connectivity index (χ0n) is 12.4. The molecule has 1 N–H and O–H groups in total. The van der Waals surface area contributed by atoms with E-state index >= 15 is 0 Å². The van der Waals surface area contributed by atoms with Gasteiger partial charge in [0.05, 0.1) is 11.7 Å². The van der Waals surface area contributed by atoms with Crippen molar-refractivity contribution in [2.45, 2.75) is 78.6 Å². The molecular formula is C15H29NO. The summed E-state index contributed by atoms with van der Waals surface area (Å²) in [6, 6.07) is 0.480. The van der Waals surface area contributed by atoms with Gasteiger partial charge in [-0.2, -0.15) is 0 Å². The summed E-state index contributed by atoms with van der Waals surface area (Å²) in [5, 5.41) is 3.64. The average Bonchev–Trinajstić information content (AvgIpc) is 2.06. The minimum atomic E-state index is 0.0666. The topological polar surface area (TPSA) is 21.3 Å². The van der Waals surface area contributed by atoms with E-state index in [4.69, 9.17) is 4.74 Å². The summed E-state index contributed by atoms with van der Waals surface area (Å²) in [5.41, 5.74) is 0.852. The molecular weight excluding hydrogens is 210 g/mol. The quantitative estimate of drug-likeness (QED) is 0.700. The third kappa shape index (κ3) is 2.85. The molecule has 1 saturated heterocycles. The summed E-state index contributed by atoms with van der Waals surface area (Å²) in [5.74, 6) is 0. The molecule has 1 saturated carbocycles. The van der Waals surface area contributed by atoms with Crippen LogP contribution in [-0.4, -0.2) is 24.3 Å². The second-order valence-corrected chi connectivity index (χ2v) is 8.03. The van der Waals surface area contributed by atoms with Crippen molar-refractivity contribution in [2.75, 3.05) is 6.54 Å². The van der Waals surface area contributed by atoms with E-state index in [-0.39, 0.29) is 5.60 Å².